The maximum Gasteiger partial charge on any atom is 0.120 e. The summed E-state index contributed by atoms with van der Waals surface area (Å²) in [6.07, 6.45) is 4.17. The van der Waals surface area contributed by atoms with Crippen LogP contribution in [0.2, 0.25) is 0 Å². The van der Waals surface area contributed by atoms with Crippen molar-refractivity contribution in [2.75, 3.05) is 13.1 Å². The summed E-state index contributed by atoms with van der Waals surface area (Å²) < 4.78 is 1.81. The van der Waals surface area contributed by atoms with E-state index >= 15 is 0 Å². The number of nitrogens with zero attached hydrogens (tertiary/aromatic N) is 4. The van der Waals surface area contributed by atoms with E-state index in [1.54, 1.807) is 24.5 Å². The Kier molecular flexibility index (Phi) is 11.5. The Morgan fingerprint density at radius 2 is 1.07 bits per heavy atom. The Morgan fingerprint density at radius 3 is 1.48 bits per heavy atom. The molecule has 40 heavy (non-hydrogen) atoms. The normalized spacial score (nSPS) is 11.6. The lowest BCUT2D eigenvalue weighted by atomic mass is 10.1. The van der Waals surface area contributed by atoms with E-state index in [0.717, 1.165) is 31.5 Å². The van der Waals surface area contributed by atoms with Crippen LogP contribution < -0.4 is 0 Å². The minimum Gasteiger partial charge on any atom is -0.508 e. The molecule has 3 N–H and O–H groups in total. The van der Waals surface area contributed by atoms with E-state index in [1.807, 2.05) is 60.7 Å². The molecule has 0 aliphatic carbocycles. The SMILES string of the molecule is Oc1ccc(Br)cc1CN(CCC(O)CCN(Cc1ccccn1)Cc1cc(Br)ccc1O)Cc1ccccn1. The molecule has 0 radical (unpaired) electrons. The van der Waals surface area contributed by atoms with Gasteiger partial charge >= 0.3 is 0 Å². The van der Waals surface area contributed by atoms with Gasteiger partial charge in [-0.1, -0.05) is 44.0 Å². The molecule has 2 aromatic heterocycles. The summed E-state index contributed by atoms with van der Waals surface area (Å²) in [6.45, 7) is 3.54. The van der Waals surface area contributed by atoms with Crippen LogP contribution in [0.25, 0.3) is 0 Å². The topological polar surface area (TPSA) is 93.0 Å². The first-order valence-corrected chi connectivity index (χ1v) is 14.8. The third-order valence-electron chi connectivity index (χ3n) is 6.65. The van der Waals surface area contributed by atoms with E-state index in [1.165, 1.54) is 0 Å². The standard InChI is InChI=1S/C31H34Br2N4O3/c32-25-7-9-30(39)23(17-25)19-36(21-27-5-1-3-13-34-27)15-11-29(38)12-16-37(22-28-6-2-4-14-35-28)20-24-18-26(33)8-10-31(24)40/h1-10,13-14,17-18,29,38-40H,11-12,15-16,19-22H2. The highest BCUT2D eigenvalue weighted by Crippen LogP contribution is 2.25. The van der Waals surface area contributed by atoms with Crippen molar-refractivity contribution in [3.05, 3.63) is 117 Å². The lowest BCUT2D eigenvalue weighted by molar-refractivity contribution is 0.108. The van der Waals surface area contributed by atoms with Crippen molar-refractivity contribution in [1.82, 2.24) is 19.8 Å². The van der Waals surface area contributed by atoms with Crippen LogP contribution in [0.1, 0.15) is 35.4 Å². The fourth-order valence-corrected chi connectivity index (χ4v) is 5.34. The second-order valence-electron chi connectivity index (χ2n) is 9.84. The molecule has 4 rings (SSSR count). The average molecular weight is 670 g/mol. The van der Waals surface area contributed by atoms with E-state index in [9.17, 15) is 15.3 Å². The Balaban J connectivity index is 1.39. The highest BCUT2D eigenvalue weighted by molar-refractivity contribution is 9.10. The van der Waals surface area contributed by atoms with E-state index < -0.39 is 6.10 Å². The number of benzene rings is 2. The molecule has 2 heterocycles. The first kappa shape index (κ1) is 30.1. The number of phenols is 2. The summed E-state index contributed by atoms with van der Waals surface area (Å²) in [4.78, 5) is 13.3. The van der Waals surface area contributed by atoms with Crippen LogP contribution in [0.15, 0.2) is 94.1 Å². The lowest BCUT2D eigenvalue weighted by Crippen LogP contribution is -2.30. The summed E-state index contributed by atoms with van der Waals surface area (Å²) in [6, 6.07) is 22.5. The molecule has 0 bridgehead atoms. The molecule has 7 nitrogen and oxygen atoms in total. The summed E-state index contributed by atoms with van der Waals surface area (Å²) >= 11 is 6.99. The number of phenolic OH excluding ortho intramolecular Hbond substituents is 2. The highest BCUT2D eigenvalue weighted by atomic mass is 79.9. The number of aromatic nitrogens is 2. The van der Waals surface area contributed by atoms with E-state index in [0.29, 0.717) is 52.1 Å². The van der Waals surface area contributed by atoms with Crippen molar-refractivity contribution in [2.45, 2.75) is 45.1 Å². The minimum atomic E-state index is -0.523. The highest BCUT2D eigenvalue weighted by Gasteiger charge is 2.17. The van der Waals surface area contributed by atoms with E-state index in [4.69, 9.17) is 0 Å². The Labute approximate surface area is 252 Å². The summed E-state index contributed by atoms with van der Waals surface area (Å²) in [5.74, 6) is 0.492. The van der Waals surface area contributed by atoms with Crippen LogP contribution in [-0.2, 0) is 26.2 Å². The molecule has 0 amide bonds. The van der Waals surface area contributed by atoms with Crippen molar-refractivity contribution in [3.8, 4) is 11.5 Å². The number of hydrogen-bond donors (Lipinski definition) is 3. The van der Waals surface area contributed by atoms with Crippen LogP contribution in [0.3, 0.4) is 0 Å². The summed E-state index contributed by atoms with van der Waals surface area (Å²) in [7, 11) is 0. The van der Waals surface area contributed by atoms with Gasteiger partial charge in [-0.25, -0.2) is 0 Å². The summed E-state index contributed by atoms with van der Waals surface area (Å²) in [5, 5.41) is 31.8. The fraction of sp³-hybridized carbons (Fsp3) is 0.290. The molecule has 0 aliphatic heterocycles. The zero-order valence-electron chi connectivity index (χ0n) is 22.2. The molecular formula is C31H34Br2N4O3. The molecule has 0 saturated heterocycles. The van der Waals surface area contributed by atoms with Crippen LogP contribution in [0.5, 0.6) is 11.5 Å². The number of aliphatic hydroxyl groups excluding tert-OH is 1. The second kappa shape index (κ2) is 15.3. The van der Waals surface area contributed by atoms with Gasteiger partial charge in [-0.15, -0.1) is 0 Å². The van der Waals surface area contributed by atoms with Crippen LogP contribution in [0.4, 0.5) is 0 Å². The monoisotopic (exact) mass is 668 g/mol. The number of hydrogen-bond acceptors (Lipinski definition) is 7. The zero-order chi connectivity index (χ0) is 28.3. The molecule has 9 heteroatoms. The van der Waals surface area contributed by atoms with Gasteiger partial charge < -0.3 is 15.3 Å². The van der Waals surface area contributed by atoms with Crippen LogP contribution >= 0.6 is 31.9 Å². The Bertz CT molecular complexity index is 1240. The molecule has 0 atom stereocenters. The maximum atomic E-state index is 11.0. The molecule has 2 aromatic carbocycles. The average Bonchev–Trinajstić information content (AvgIpc) is 2.95. The van der Waals surface area contributed by atoms with Crippen molar-refractivity contribution >= 4 is 31.9 Å². The molecule has 0 fully saturated rings. The van der Waals surface area contributed by atoms with Crippen molar-refractivity contribution < 1.29 is 15.3 Å². The van der Waals surface area contributed by atoms with Gasteiger partial charge in [0.25, 0.3) is 0 Å². The molecule has 210 valence electrons. The Hall–Kier alpha value is -2.82. The fourth-order valence-electron chi connectivity index (χ4n) is 4.52. The van der Waals surface area contributed by atoms with E-state index in [2.05, 4.69) is 51.6 Å². The van der Waals surface area contributed by atoms with Gasteiger partial charge in [0.05, 0.1) is 17.5 Å². The number of halogens is 2. The first-order chi connectivity index (χ1) is 19.4. The lowest BCUT2D eigenvalue weighted by Gasteiger charge is -2.26. The van der Waals surface area contributed by atoms with Crippen molar-refractivity contribution in [2.24, 2.45) is 0 Å². The number of pyridine rings is 2. The van der Waals surface area contributed by atoms with Crippen molar-refractivity contribution in [1.29, 1.82) is 0 Å². The predicted octanol–water partition coefficient (Wildman–Crippen LogP) is 6.26. The third-order valence-corrected chi connectivity index (χ3v) is 7.64. The summed E-state index contributed by atoms with van der Waals surface area (Å²) in [5.41, 5.74) is 3.49. The predicted molar refractivity (Wildman–Crippen MR) is 164 cm³/mol. The van der Waals surface area contributed by atoms with Crippen LogP contribution in [0, 0.1) is 0 Å². The number of aliphatic hydroxyl groups is 1. The molecule has 0 saturated carbocycles. The second-order valence-corrected chi connectivity index (χ2v) is 11.7. The zero-order valence-corrected chi connectivity index (χ0v) is 25.4. The molecule has 0 unspecified atom stereocenters. The maximum absolute atomic E-state index is 11.0. The van der Waals surface area contributed by atoms with Gasteiger partial charge in [0.1, 0.15) is 11.5 Å². The number of rotatable bonds is 14. The minimum absolute atomic E-state index is 0.246. The third kappa shape index (κ3) is 9.67. The van der Waals surface area contributed by atoms with Gasteiger partial charge in [0.2, 0.25) is 0 Å². The molecule has 4 aromatic rings. The number of aromatic hydroxyl groups is 2. The van der Waals surface area contributed by atoms with E-state index in [-0.39, 0.29) is 11.5 Å². The largest absolute Gasteiger partial charge is 0.508 e. The quantitative estimate of drug-likeness (QED) is 0.146. The van der Waals surface area contributed by atoms with Gasteiger partial charge in [-0.3, -0.25) is 19.8 Å². The Morgan fingerprint density at radius 1 is 0.625 bits per heavy atom. The van der Waals surface area contributed by atoms with Gasteiger partial charge in [0.15, 0.2) is 0 Å². The molecule has 0 aliphatic rings. The molecular weight excluding hydrogens is 636 g/mol. The van der Waals surface area contributed by atoms with Gasteiger partial charge in [-0.2, -0.15) is 0 Å². The first-order valence-electron chi connectivity index (χ1n) is 13.2. The smallest absolute Gasteiger partial charge is 0.120 e. The van der Waals surface area contributed by atoms with Gasteiger partial charge in [-0.05, 0) is 73.5 Å². The van der Waals surface area contributed by atoms with Gasteiger partial charge in [0, 0.05) is 71.7 Å². The van der Waals surface area contributed by atoms with Crippen molar-refractivity contribution in [3.63, 3.8) is 0 Å². The molecule has 0 spiro atoms. The van der Waals surface area contributed by atoms with Crippen LogP contribution in [-0.4, -0.2) is 54.3 Å².